The summed E-state index contributed by atoms with van der Waals surface area (Å²) in [5.41, 5.74) is 7.91. The van der Waals surface area contributed by atoms with Crippen molar-refractivity contribution in [3.05, 3.63) is 71.6 Å². The average Bonchev–Trinajstić information content (AvgIpc) is 3.65. The molecule has 5 heterocycles. The highest BCUT2D eigenvalue weighted by Crippen LogP contribution is 2.53. The number of carbonyl (C=O) groups excluding carboxylic acids is 4. The van der Waals surface area contributed by atoms with E-state index in [1.807, 2.05) is 43.0 Å². The number of amides is 4. The molecular formula is C49H64N8O8. The van der Waals surface area contributed by atoms with Gasteiger partial charge in [-0.15, -0.1) is 0 Å². The number of nitrogens with one attached hydrogen (secondary N) is 4. The summed E-state index contributed by atoms with van der Waals surface area (Å²) >= 11 is 0. The van der Waals surface area contributed by atoms with Gasteiger partial charge in [-0.25, -0.2) is 19.6 Å². The number of aryl methyl sites for hydroxylation is 2. The molecule has 16 heteroatoms. The number of hydrogen-bond donors (Lipinski definition) is 4. The average molecular weight is 893 g/mol. The van der Waals surface area contributed by atoms with Crippen LogP contribution in [0.5, 0.6) is 0 Å². The maximum Gasteiger partial charge on any atom is 0.407 e. The zero-order valence-electron chi connectivity index (χ0n) is 38.6. The normalized spacial score (nSPS) is 21.3. The lowest BCUT2D eigenvalue weighted by molar-refractivity contribution is -0.141. The third kappa shape index (κ3) is 9.65. The molecular weight excluding hydrogens is 829 g/mol. The number of aromatic amines is 2. The van der Waals surface area contributed by atoms with Crippen LogP contribution in [0.3, 0.4) is 0 Å². The summed E-state index contributed by atoms with van der Waals surface area (Å²) in [5.74, 6) is 1.52. The molecule has 4 fully saturated rings. The van der Waals surface area contributed by atoms with Crippen molar-refractivity contribution in [2.45, 2.75) is 116 Å². The molecule has 0 bridgehead atoms. The van der Waals surface area contributed by atoms with Crippen LogP contribution in [0.2, 0.25) is 0 Å². The number of benzene rings is 2. The van der Waals surface area contributed by atoms with Crippen molar-refractivity contribution in [2.24, 2.45) is 17.8 Å². The summed E-state index contributed by atoms with van der Waals surface area (Å²) in [6.45, 7) is 12.4. The first kappa shape index (κ1) is 45.8. The number of carbonyl (C=O) groups is 4. The maximum atomic E-state index is 14.4. The quantitative estimate of drug-likeness (QED) is 0.0992. The van der Waals surface area contributed by atoms with E-state index < -0.39 is 24.3 Å². The summed E-state index contributed by atoms with van der Waals surface area (Å²) in [7, 11) is 2.63. The van der Waals surface area contributed by atoms with Crippen molar-refractivity contribution in [1.82, 2.24) is 40.4 Å². The highest BCUT2D eigenvalue weighted by molar-refractivity contribution is 5.88. The molecule has 16 nitrogen and oxygen atoms in total. The summed E-state index contributed by atoms with van der Waals surface area (Å²) < 4.78 is 21.0. The van der Waals surface area contributed by atoms with Crippen LogP contribution in [-0.4, -0.2) is 119 Å². The molecule has 3 saturated heterocycles. The van der Waals surface area contributed by atoms with E-state index in [1.54, 1.807) is 0 Å². The predicted molar refractivity (Wildman–Crippen MR) is 243 cm³/mol. The van der Waals surface area contributed by atoms with Gasteiger partial charge in [-0.3, -0.25) is 9.59 Å². The van der Waals surface area contributed by atoms with E-state index in [-0.39, 0.29) is 47.8 Å². The number of H-pyrrole nitrogens is 2. The molecule has 1 aliphatic carbocycles. The molecule has 6 atom stereocenters. The molecule has 4 N–H and O–H groups in total. The number of nitrogens with zero attached hydrogens (tertiary/aromatic N) is 4. The molecule has 0 radical (unpaired) electrons. The Morgan fingerprint density at radius 3 is 1.86 bits per heavy atom. The van der Waals surface area contributed by atoms with Crippen molar-refractivity contribution < 1.29 is 38.1 Å². The van der Waals surface area contributed by atoms with E-state index in [0.717, 1.165) is 63.4 Å². The largest absolute Gasteiger partial charge is 0.453 e. The predicted octanol–water partition coefficient (Wildman–Crippen LogP) is 7.40. The standard InChI is InChI=1S/C49H64N8O8/c1-8-39(56(27(2)3)46(58)42(54-48(60)62-6)30-13-17-64-18-14-30)44-50-25-37(52-44)32-9-11-35(28(4)21-32)36-12-10-33(22-29(36)5)38-26-51-45(53-38)41-24-34-23-40(34)57(41)47(59)43(55-49(61)63-7)31-15-19-65-20-16-31/h9-12,21-22,25-27,30-31,34,39-43H,8,13-20,23-24H2,1-7H3,(H,50,52)(H,51,53)(H,54,60)(H,55,61)/t34-,39+,40-,41+,42+,43+/m1/s1. The van der Waals surface area contributed by atoms with Gasteiger partial charge in [-0.1, -0.05) is 31.2 Å². The van der Waals surface area contributed by atoms with Gasteiger partial charge in [-0.05, 0) is 125 Å². The highest BCUT2D eigenvalue weighted by Gasteiger charge is 2.56. The van der Waals surface area contributed by atoms with Gasteiger partial charge in [0.05, 0.1) is 37.7 Å². The van der Waals surface area contributed by atoms with Crippen molar-refractivity contribution in [3.8, 4) is 33.6 Å². The van der Waals surface area contributed by atoms with E-state index in [0.29, 0.717) is 70.3 Å². The number of fused-ring (bicyclic) bond motifs is 1. The first-order valence-electron chi connectivity index (χ1n) is 23.2. The number of hydrogen-bond acceptors (Lipinski definition) is 10. The molecule has 0 unspecified atom stereocenters. The summed E-state index contributed by atoms with van der Waals surface area (Å²) in [6.07, 6.45) is 7.72. The second-order valence-corrected chi connectivity index (χ2v) is 18.4. The first-order valence-corrected chi connectivity index (χ1v) is 23.2. The smallest absolute Gasteiger partial charge is 0.407 e. The molecule has 4 aliphatic rings. The lowest BCUT2D eigenvalue weighted by Gasteiger charge is -2.39. The Hall–Kier alpha value is -5.74. The van der Waals surface area contributed by atoms with Gasteiger partial charge in [0.25, 0.3) is 0 Å². The Morgan fingerprint density at radius 1 is 0.785 bits per heavy atom. The third-order valence-corrected chi connectivity index (χ3v) is 14.0. The number of methoxy groups -OCH3 is 2. The molecule has 65 heavy (non-hydrogen) atoms. The third-order valence-electron chi connectivity index (χ3n) is 14.0. The van der Waals surface area contributed by atoms with Crippen LogP contribution in [-0.2, 0) is 28.5 Å². The van der Waals surface area contributed by atoms with E-state index in [9.17, 15) is 19.2 Å². The van der Waals surface area contributed by atoms with Crippen LogP contribution >= 0.6 is 0 Å². The van der Waals surface area contributed by atoms with Crippen molar-refractivity contribution in [1.29, 1.82) is 0 Å². The SMILES string of the molecule is CC[C@@H](c1nc(-c2ccc(-c3ccc(-c4c[nH]c([C@@H]5C[C@H]6C[C@H]6N5C(=O)[C@@H](NC(=O)OC)C5CCOCC5)n4)cc3C)c(C)c2)c[nH]1)N(C(=O)[C@@H](NC(=O)OC)C1CCOCC1)C(C)C. The molecule has 4 aromatic rings. The van der Waals surface area contributed by atoms with Crippen LogP contribution in [0, 0.1) is 31.6 Å². The van der Waals surface area contributed by atoms with Gasteiger partial charge in [-0.2, -0.15) is 0 Å². The topological polar surface area (TPSA) is 193 Å². The lowest BCUT2D eigenvalue weighted by atomic mass is 9.90. The Bertz CT molecular complexity index is 2350. The molecule has 8 rings (SSSR count). The summed E-state index contributed by atoms with van der Waals surface area (Å²) in [4.78, 5) is 74.2. The maximum absolute atomic E-state index is 14.4. The molecule has 2 aromatic heterocycles. The van der Waals surface area contributed by atoms with Crippen LogP contribution in [0.25, 0.3) is 33.6 Å². The number of ether oxygens (including phenoxy) is 4. The van der Waals surface area contributed by atoms with Crippen molar-refractivity contribution in [3.63, 3.8) is 0 Å². The minimum absolute atomic E-state index is 0.0283. The second kappa shape index (κ2) is 19.8. The molecule has 3 aliphatic heterocycles. The molecule has 1 saturated carbocycles. The van der Waals surface area contributed by atoms with Gasteiger partial charge >= 0.3 is 12.2 Å². The van der Waals surface area contributed by atoms with Crippen LogP contribution in [0.1, 0.15) is 101 Å². The van der Waals surface area contributed by atoms with Gasteiger partial charge in [0.15, 0.2) is 0 Å². The van der Waals surface area contributed by atoms with E-state index in [1.165, 1.54) is 14.2 Å². The molecule has 348 valence electrons. The Labute approximate surface area is 380 Å². The minimum atomic E-state index is -0.744. The molecule has 4 amide bonds. The van der Waals surface area contributed by atoms with E-state index in [2.05, 4.69) is 70.8 Å². The van der Waals surface area contributed by atoms with Crippen molar-refractivity contribution in [2.75, 3.05) is 40.6 Å². The number of piperidine rings is 1. The lowest BCUT2D eigenvalue weighted by Crippen LogP contribution is -2.55. The first-order chi connectivity index (χ1) is 31.4. The van der Waals surface area contributed by atoms with E-state index in [4.69, 9.17) is 28.9 Å². The van der Waals surface area contributed by atoms with Crippen LogP contribution < -0.4 is 10.6 Å². The van der Waals surface area contributed by atoms with Crippen LogP contribution in [0.4, 0.5) is 9.59 Å². The zero-order chi connectivity index (χ0) is 45.9. The Kier molecular flexibility index (Phi) is 13.9. The second-order valence-electron chi connectivity index (χ2n) is 18.4. The minimum Gasteiger partial charge on any atom is -0.453 e. The fraction of sp³-hybridized carbons (Fsp3) is 0.551. The zero-order valence-corrected chi connectivity index (χ0v) is 38.6. The van der Waals surface area contributed by atoms with E-state index >= 15 is 0 Å². The van der Waals surface area contributed by atoms with Crippen LogP contribution in [0.15, 0.2) is 48.8 Å². The van der Waals surface area contributed by atoms with Gasteiger partial charge in [0.1, 0.15) is 23.7 Å². The monoisotopic (exact) mass is 892 g/mol. The van der Waals surface area contributed by atoms with Gasteiger partial charge in [0, 0.05) is 62.0 Å². The van der Waals surface area contributed by atoms with Crippen molar-refractivity contribution >= 4 is 24.0 Å². The number of rotatable bonds is 14. The molecule has 2 aromatic carbocycles. The number of imidazole rings is 2. The number of likely N-dealkylation sites (tertiary alicyclic amines) is 1. The number of alkyl carbamates (subject to hydrolysis) is 2. The fourth-order valence-corrected chi connectivity index (χ4v) is 10.4. The fourth-order valence-electron chi connectivity index (χ4n) is 10.4. The summed E-state index contributed by atoms with van der Waals surface area (Å²) in [5, 5.41) is 5.70. The van der Waals surface area contributed by atoms with Gasteiger partial charge in [0.2, 0.25) is 11.8 Å². The Morgan fingerprint density at radius 2 is 1.32 bits per heavy atom. The highest BCUT2D eigenvalue weighted by atomic mass is 16.5. The molecule has 0 spiro atoms. The number of aromatic nitrogens is 4. The van der Waals surface area contributed by atoms with Gasteiger partial charge < -0.3 is 49.3 Å². The Balaban J connectivity index is 0.975. The summed E-state index contributed by atoms with van der Waals surface area (Å²) in [6, 6.07) is 10.7.